The first-order chi connectivity index (χ1) is 13.9. The normalized spacial score (nSPS) is 19.6. The number of rotatable bonds is 6. The van der Waals surface area contributed by atoms with Crippen LogP contribution in [0.5, 0.6) is 0 Å². The number of carbonyl (C=O) groups excluding carboxylic acids is 1. The van der Waals surface area contributed by atoms with Crippen LogP contribution in [0.1, 0.15) is 30.0 Å². The number of amides is 1. The largest absolute Gasteiger partial charge is 0.352 e. The molecule has 1 atom stereocenters. The van der Waals surface area contributed by atoms with Crippen molar-refractivity contribution in [3.05, 3.63) is 65.7 Å². The molecule has 1 amide bonds. The van der Waals surface area contributed by atoms with Gasteiger partial charge in [-0.1, -0.05) is 48.0 Å². The molecule has 29 heavy (non-hydrogen) atoms. The summed E-state index contributed by atoms with van der Waals surface area (Å²) < 4.78 is 27.4. The molecule has 7 heteroatoms. The van der Waals surface area contributed by atoms with E-state index in [1.165, 1.54) is 4.31 Å². The van der Waals surface area contributed by atoms with E-state index in [0.29, 0.717) is 31.1 Å². The number of benzene rings is 2. The SMILES string of the molecule is Cc1ccc(S(=O)(=O)N2CCN([C@@H](C(=O)NC3CC3)c3ccccc3)CC2)cc1. The van der Waals surface area contributed by atoms with Crippen molar-refractivity contribution >= 4 is 15.9 Å². The third-order valence-electron chi connectivity index (χ3n) is 5.58. The highest BCUT2D eigenvalue weighted by Gasteiger charge is 2.36. The summed E-state index contributed by atoms with van der Waals surface area (Å²) >= 11 is 0. The third kappa shape index (κ3) is 4.52. The Morgan fingerprint density at radius 2 is 1.59 bits per heavy atom. The molecular formula is C22H27N3O3S. The van der Waals surface area contributed by atoms with Crippen molar-refractivity contribution in [2.45, 2.75) is 36.7 Å². The Hall–Kier alpha value is -2.22. The maximum absolute atomic E-state index is 13.0. The van der Waals surface area contributed by atoms with Crippen molar-refractivity contribution in [3.63, 3.8) is 0 Å². The molecule has 0 unspecified atom stereocenters. The summed E-state index contributed by atoms with van der Waals surface area (Å²) in [6.45, 7) is 3.71. The molecule has 2 fully saturated rings. The second-order valence-corrected chi connectivity index (χ2v) is 9.79. The van der Waals surface area contributed by atoms with Crippen LogP contribution < -0.4 is 5.32 Å². The molecule has 1 saturated heterocycles. The molecule has 1 N–H and O–H groups in total. The molecule has 0 radical (unpaired) electrons. The van der Waals surface area contributed by atoms with Gasteiger partial charge in [-0.25, -0.2) is 8.42 Å². The third-order valence-corrected chi connectivity index (χ3v) is 7.50. The standard InChI is InChI=1S/C22H27N3O3S/c1-17-7-11-20(12-8-17)29(27,28)25-15-13-24(14-16-25)21(18-5-3-2-4-6-18)22(26)23-19-9-10-19/h2-8,11-12,19,21H,9-10,13-16H2,1H3,(H,23,26)/t21-/m1/s1. The van der Waals surface area contributed by atoms with Gasteiger partial charge in [-0.15, -0.1) is 0 Å². The van der Waals surface area contributed by atoms with Gasteiger partial charge in [0.2, 0.25) is 15.9 Å². The quantitative estimate of drug-likeness (QED) is 0.789. The molecule has 0 spiro atoms. The number of nitrogens with one attached hydrogen (secondary N) is 1. The smallest absolute Gasteiger partial charge is 0.243 e. The fraction of sp³-hybridized carbons (Fsp3) is 0.409. The molecule has 2 aromatic rings. The van der Waals surface area contributed by atoms with E-state index in [9.17, 15) is 13.2 Å². The van der Waals surface area contributed by atoms with Crippen LogP contribution in [-0.4, -0.2) is 55.8 Å². The lowest BCUT2D eigenvalue weighted by atomic mass is 10.0. The maximum atomic E-state index is 13.0. The summed E-state index contributed by atoms with van der Waals surface area (Å²) in [6, 6.07) is 16.6. The lowest BCUT2D eigenvalue weighted by molar-refractivity contribution is -0.127. The number of piperazine rings is 1. The molecule has 154 valence electrons. The van der Waals surface area contributed by atoms with Gasteiger partial charge in [0.1, 0.15) is 6.04 Å². The molecular weight excluding hydrogens is 386 g/mol. The van der Waals surface area contributed by atoms with Crippen LogP contribution in [0.2, 0.25) is 0 Å². The lowest BCUT2D eigenvalue weighted by Gasteiger charge is -2.38. The monoisotopic (exact) mass is 413 g/mol. The maximum Gasteiger partial charge on any atom is 0.243 e. The van der Waals surface area contributed by atoms with Crippen molar-refractivity contribution < 1.29 is 13.2 Å². The molecule has 6 nitrogen and oxygen atoms in total. The van der Waals surface area contributed by atoms with E-state index >= 15 is 0 Å². The fourth-order valence-corrected chi connectivity index (χ4v) is 5.15. The first kappa shape index (κ1) is 20.1. The summed E-state index contributed by atoms with van der Waals surface area (Å²) in [5.74, 6) is 0.00791. The van der Waals surface area contributed by atoms with E-state index in [4.69, 9.17) is 0 Å². The van der Waals surface area contributed by atoms with Gasteiger partial charge in [0.15, 0.2) is 0 Å². The van der Waals surface area contributed by atoms with Gasteiger partial charge in [-0.3, -0.25) is 9.69 Å². The minimum atomic E-state index is -3.52. The molecule has 1 aliphatic heterocycles. The zero-order valence-corrected chi connectivity index (χ0v) is 17.4. The van der Waals surface area contributed by atoms with E-state index in [0.717, 1.165) is 24.0 Å². The summed E-state index contributed by atoms with van der Waals surface area (Å²) in [7, 11) is -3.52. The van der Waals surface area contributed by atoms with Gasteiger partial charge in [0.25, 0.3) is 0 Å². The Bertz CT molecular complexity index is 949. The van der Waals surface area contributed by atoms with Crippen LogP contribution in [0.25, 0.3) is 0 Å². The fourth-order valence-electron chi connectivity index (χ4n) is 3.73. The second kappa shape index (κ2) is 8.26. The number of hydrogen-bond donors (Lipinski definition) is 1. The van der Waals surface area contributed by atoms with Gasteiger partial charge in [-0.05, 0) is 37.5 Å². The van der Waals surface area contributed by atoms with E-state index in [2.05, 4.69) is 10.2 Å². The number of carbonyl (C=O) groups is 1. The average molecular weight is 414 g/mol. The second-order valence-electron chi connectivity index (χ2n) is 7.85. The number of sulfonamides is 1. The first-order valence-electron chi connectivity index (χ1n) is 10.1. The molecule has 2 aromatic carbocycles. The summed E-state index contributed by atoms with van der Waals surface area (Å²) in [5, 5.41) is 3.11. The van der Waals surface area contributed by atoms with Crippen molar-refractivity contribution in [3.8, 4) is 0 Å². The Balaban J connectivity index is 1.48. The Kier molecular flexibility index (Phi) is 5.72. The minimum absolute atomic E-state index is 0.00791. The Morgan fingerprint density at radius 1 is 0.966 bits per heavy atom. The van der Waals surface area contributed by atoms with Crippen LogP contribution in [0.4, 0.5) is 0 Å². The highest BCUT2D eigenvalue weighted by Crippen LogP contribution is 2.27. The van der Waals surface area contributed by atoms with Crippen molar-refractivity contribution in [1.82, 2.24) is 14.5 Å². The number of aryl methyl sites for hydroxylation is 1. The van der Waals surface area contributed by atoms with E-state index in [1.54, 1.807) is 12.1 Å². The highest BCUT2D eigenvalue weighted by atomic mass is 32.2. The predicted molar refractivity (Wildman–Crippen MR) is 112 cm³/mol. The lowest BCUT2D eigenvalue weighted by Crippen LogP contribution is -2.52. The molecule has 1 saturated carbocycles. The Morgan fingerprint density at radius 3 is 2.17 bits per heavy atom. The van der Waals surface area contributed by atoms with Crippen LogP contribution in [-0.2, 0) is 14.8 Å². The van der Waals surface area contributed by atoms with E-state index in [-0.39, 0.29) is 18.0 Å². The van der Waals surface area contributed by atoms with Gasteiger partial charge < -0.3 is 5.32 Å². The van der Waals surface area contributed by atoms with Crippen molar-refractivity contribution in [1.29, 1.82) is 0 Å². The Labute approximate surface area is 172 Å². The minimum Gasteiger partial charge on any atom is -0.352 e. The summed E-state index contributed by atoms with van der Waals surface area (Å²) in [5.41, 5.74) is 1.97. The topological polar surface area (TPSA) is 69.7 Å². The predicted octanol–water partition coefficient (Wildman–Crippen LogP) is 2.32. The van der Waals surface area contributed by atoms with E-state index < -0.39 is 10.0 Å². The molecule has 0 bridgehead atoms. The summed E-state index contributed by atoms with van der Waals surface area (Å²) in [4.78, 5) is 15.4. The number of hydrogen-bond acceptors (Lipinski definition) is 4. The van der Waals surface area contributed by atoms with Crippen LogP contribution in [0, 0.1) is 6.92 Å². The average Bonchev–Trinajstić information content (AvgIpc) is 3.54. The molecule has 1 heterocycles. The summed E-state index contributed by atoms with van der Waals surface area (Å²) in [6.07, 6.45) is 2.08. The highest BCUT2D eigenvalue weighted by molar-refractivity contribution is 7.89. The van der Waals surface area contributed by atoms with Crippen LogP contribution in [0.3, 0.4) is 0 Å². The molecule has 4 rings (SSSR count). The van der Waals surface area contributed by atoms with Gasteiger partial charge in [-0.2, -0.15) is 4.31 Å². The van der Waals surface area contributed by atoms with Gasteiger partial charge >= 0.3 is 0 Å². The zero-order chi connectivity index (χ0) is 20.4. The van der Waals surface area contributed by atoms with Crippen LogP contribution >= 0.6 is 0 Å². The first-order valence-corrected chi connectivity index (χ1v) is 11.6. The van der Waals surface area contributed by atoms with Crippen LogP contribution in [0.15, 0.2) is 59.5 Å². The van der Waals surface area contributed by atoms with Gasteiger partial charge in [0, 0.05) is 32.2 Å². The molecule has 2 aliphatic rings. The number of nitrogens with zero attached hydrogens (tertiary/aromatic N) is 2. The van der Waals surface area contributed by atoms with E-state index in [1.807, 2.05) is 49.4 Å². The van der Waals surface area contributed by atoms with Crippen molar-refractivity contribution in [2.75, 3.05) is 26.2 Å². The van der Waals surface area contributed by atoms with Crippen molar-refractivity contribution in [2.24, 2.45) is 0 Å². The van der Waals surface area contributed by atoms with Gasteiger partial charge in [0.05, 0.1) is 4.90 Å². The molecule has 1 aliphatic carbocycles. The zero-order valence-electron chi connectivity index (χ0n) is 16.6. The molecule has 0 aromatic heterocycles.